The van der Waals surface area contributed by atoms with Gasteiger partial charge in [-0.2, -0.15) is 0 Å². The Kier molecular flexibility index (Phi) is 3.78. The maximum atomic E-state index is 11.9. The van der Waals surface area contributed by atoms with Gasteiger partial charge in [-0.05, 0) is 18.1 Å². The van der Waals surface area contributed by atoms with Crippen LogP contribution in [0.4, 0.5) is 0 Å². The Bertz CT molecular complexity index is 606. The molecule has 2 aromatic rings. The van der Waals surface area contributed by atoms with Crippen LogP contribution in [0.25, 0.3) is 0 Å². The lowest BCUT2D eigenvalue weighted by atomic mass is 10.1. The zero-order valence-corrected chi connectivity index (χ0v) is 10.9. The van der Waals surface area contributed by atoms with Gasteiger partial charge in [-0.1, -0.05) is 24.3 Å². The van der Waals surface area contributed by atoms with Crippen molar-refractivity contribution < 1.29 is 8.42 Å². The number of H-pyrrole nitrogens is 1. The molecule has 0 atom stereocenters. The summed E-state index contributed by atoms with van der Waals surface area (Å²) in [5.41, 5.74) is 1.78. The summed E-state index contributed by atoms with van der Waals surface area (Å²) in [4.78, 5) is 6.81. The molecule has 1 aromatic carbocycles. The highest BCUT2D eigenvalue weighted by molar-refractivity contribution is 7.88. The maximum absolute atomic E-state index is 11.9. The fourth-order valence-corrected chi connectivity index (χ4v) is 2.79. The van der Waals surface area contributed by atoms with E-state index in [0.29, 0.717) is 5.82 Å². The van der Waals surface area contributed by atoms with Crippen LogP contribution in [0.3, 0.4) is 0 Å². The van der Waals surface area contributed by atoms with Crippen LogP contribution in [-0.2, 0) is 22.3 Å². The fourth-order valence-electron chi connectivity index (χ4n) is 1.60. The number of aryl methyl sites for hydroxylation is 1. The molecule has 0 aliphatic rings. The number of nitrogens with zero attached hydrogens (tertiary/aromatic N) is 1. The van der Waals surface area contributed by atoms with Gasteiger partial charge in [-0.3, -0.25) is 0 Å². The molecule has 0 radical (unpaired) electrons. The van der Waals surface area contributed by atoms with Crippen molar-refractivity contribution in [2.45, 2.75) is 19.2 Å². The molecule has 0 fully saturated rings. The molecule has 2 N–H and O–H groups in total. The van der Waals surface area contributed by atoms with E-state index < -0.39 is 10.0 Å². The molecule has 0 saturated carbocycles. The molecular weight excluding hydrogens is 250 g/mol. The second-order valence-electron chi connectivity index (χ2n) is 4.04. The van der Waals surface area contributed by atoms with Crippen molar-refractivity contribution >= 4 is 10.0 Å². The number of imidazole rings is 1. The minimum Gasteiger partial charge on any atom is -0.347 e. The SMILES string of the molecule is Cc1ccccc1CS(=O)(=O)NCc1ncc[nH]1. The summed E-state index contributed by atoms with van der Waals surface area (Å²) < 4.78 is 26.3. The van der Waals surface area contributed by atoms with Gasteiger partial charge in [0.25, 0.3) is 0 Å². The number of rotatable bonds is 5. The average Bonchev–Trinajstić information content (AvgIpc) is 2.83. The van der Waals surface area contributed by atoms with E-state index >= 15 is 0 Å². The summed E-state index contributed by atoms with van der Waals surface area (Å²) in [6.45, 7) is 2.08. The Morgan fingerprint density at radius 2 is 2.11 bits per heavy atom. The number of benzene rings is 1. The molecular formula is C12H15N3O2S. The molecule has 0 aliphatic carbocycles. The van der Waals surface area contributed by atoms with Crippen molar-refractivity contribution in [1.82, 2.24) is 14.7 Å². The van der Waals surface area contributed by atoms with Gasteiger partial charge in [0.2, 0.25) is 10.0 Å². The number of hydrogen-bond acceptors (Lipinski definition) is 3. The quantitative estimate of drug-likeness (QED) is 0.856. The lowest BCUT2D eigenvalue weighted by molar-refractivity contribution is 0.578. The molecule has 1 heterocycles. The Morgan fingerprint density at radius 1 is 1.33 bits per heavy atom. The second-order valence-corrected chi connectivity index (χ2v) is 5.85. The maximum Gasteiger partial charge on any atom is 0.216 e. The highest BCUT2D eigenvalue weighted by Crippen LogP contribution is 2.10. The Labute approximate surface area is 106 Å². The lowest BCUT2D eigenvalue weighted by Gasteiger charge is -2.07. The molecule has 5 nitrogen and oxygen atoms in total. The van der Waals surface area contributed by atoms with Gasteiger partial charge < -0.3 is 4.98 Å². The smallest absolute Gasteiger partial charge is 0.216 e. The molecule has 1 aromatic heterocycles. The molecule has 96 valence electrons. The molecule has 0 spiro atoms. The zero-order chi connectivity index (χ0) is 13.0. The van der Waals surface area contributed by atoms with Gasteiger partial charge in [0, 0.05) is 12.4 Å². The molecule has 0 aliphatic heterocycles. The van der Waals surface area contributed by atoms with Crippen LogP contribution in [0.15, 0.2) is 36.7 Å². The first-order valence-corrected chi connectivity index (χ1v) is 7.22. The monoisotopic (exact) mass is 265 g/mol. The third-order valence-corrected chi connectivity index (χ3v) is 3.90. The Morgan fingerprint density at radius 3 is 2.78 bits per heavy atom. The molecule has 0 saturated heterocycles. The molecule has 18 heavy (non-hydrogen) atoms. The third kappa shape index (κ3) is 3.41. The largest absolute Gasteiger partial charge is 0.347 e. The van der Waals surface area contributed by atoms with Gasteiger partial charge in [0.05, 0.1) is 12.3 Å². The standard InChI is InChI=1S/C12H15N3O2S/c1-10-4-2-3-5-11(10)9-18(16,17)15-8-12-13-6-7-14-12/h2-7,15H,8-9H2,1H3,(H,13,14). The van der Waals surface area contributed by atoms with Crippen molar-refractivity contribution in [3.05, 3.63) is 53.6 Å². The first kappa shape index (κ1) is 12.8. The Hall–Kier alpha value is -1.66. The zero-order valence-electron chi connectivity index (χ0n) is 10.1. The van der Waals surface area contributed by atoms with Crippen molar-refractivity contribution in [3.8, 4) is 0 Å². The summed E-state index contributed by atoms with van der Waals surface area (Å²) in [6.07, 6.45) is 3.25. The second kappa shape index (κ2) is 5.32. The normalized spacial score (nSPS) is 11.6. The molecule has 0 unspecified atom stereocenters. The summed E-state index contributed by atoms with van der Waals surface area (Å²) >= 11 is 0. The lowest BCUT2D eigenvalue weighted by Crippen LogP contribution is -2.25. The van der Waals surface area contributed by atoms with E-state index in [1.165, 1.54) is 0 Å². The van der Waals surface area contributed by atoms with Crippen LogP contribution in [0.1, 0.15) is 17.0 Å². The predicted molar refractivity (Wildman–Crippen MR) is 69.2 cm³/mol. The van der Waals surface area contributed by atoms with Gasteiger partial charge in [0.15, 0.2) is 0 Å². The van der Waals surface area contributed by atoms with Crippen LogP contribution >= 0.6 is 0 Å². The van der Waals surface area contributed by atoms with E-state index in [9.17, 15) is 8.42 Å². The minimum atomic E-state index is -3.34. The molecule has 0 amide bonds. The van der Waals surface area contributed by atoms with Crippen LogP contribution < -0.4 is 4.72 Å². The number of aromatic amines is 1. The number of nitrogens with one attached hydrogen (secondary N) is 2. The van der Waals surface area contributed by atoms with E-state index in [0.717, 1.165) is 11.1 Å². The average molecular weight is 265 g/mol. The van der Waals surface area contributed by atoms with Crippen LogP contribution in [0.2, 0.25) is 0 Å². The van der Waals surface area contributed by atoms with E-state index in [-0.39, 0.29) is 12.3 Å². The van der Waals surface area contributed by atoms with E-state index in [4.69, 9.17) is 0 Å². The summed E-state index contributed by atoms with van der Waals surface area (Å²) in [7, 11) is -3.34. The van der Waals surface area contributed by atoms with E-state index in [1.54, 1.807) is 12.4 Å². The van der Waals surface area contributed by atoms with Crippen LogP contribution in [-0.4, -0.2) is 18.4 Å². The van der Waals surface area contributed by atoms with Crippen molar-refractivity contribution in [1.29, 1.82) is 0 Å². The molecule has 6 heteroatoms. The van der Waals surface area contributed by atoms with E-state index in [1.807, 2.05) is 31.2 Å². The highest BCUT2D eigenvalue weighted by atomic mass is 32.2. The minimum absolute atomic E-state index is 0.0135. The Balaban J connectivity index is 2.02. The van der Waals surface area contributed by atoms with Crippen molar-refractivity contribution in [2.75, 3.05) is 0 Å². The van der Waals surface area contributed by atoms with E-state index in [2.05, 4.69) is 14.7 Å². The molecule has 0 bridgehead atoms. The third-order valence-electron chi connectivity index (χ3n) is 2.62. The van der Waals surface area contributed by atoms with Crippen LogP contribution in [0, 0.1) is 6.92 Å². The van der Waals surface area contributed by atoms with Gasteiger partial charge in [-0.25, -0.2) is 18.1 Å². The fraction of sp³-hybridized carbons (Fsp3) is 0.250. The predicted octanol–water partition coefficient (Wildman–Crippen LogP) is 1.34. The molecule has 2 rings (SSSR count). The number of hydrogen-bond donors (Lipinski definition) is 2. The van der Waals surface area contributed by atoms with Crippen molar-refractivity contribution in [2.24, 2.45) is 0 Å². The summed E-state index contributed by atoms with van der Waals surface area (Å²) in [6, 6.07) is 7.45. The van der Waals surface area contributed by atoms with Gasteiger partial charge in [-0.15, -0.1) is 0 Å². The van der Waals surface area contributed by atoms with Crippen molar-refractivity contribution in [3.63, 3.8) is 0 Å². The van der Waals surface area contributed by atoms with Gasteiger partial charge >= 0.3 is 0 Å². The number of aromatic nitrogens is 2. The first-order valence-electron chi connectivity index (χ1n) is 5.57. The topological polar surface area (TPSA) is 74.8 Å². The highest BCUT2D eigenvalue weighted by Gasteiger charge is 2.12. The van der Waals surface area contributed by atoms with Crippen LogP contribution in [0.5, 0.6) is 0 Å². The van der Waals surface area contributed by atoms with Gasteiger partial charge in [0.1, 0.15) is 5.82 Å². The summed E-state index contributed by atoms with van der Waals surface area (Å²) in [5, 5.41) is 0. The number of sulfonamides is 1. The first-order chi connectivity index (χ1) is 8.57. The summed E-state index contributed by atoms with van der Waals surface area (Å²) in [5.74, 6) is 0.587.